The van der Waals surface area contributed by atoms with Crippen LogP contribution in [0.2, 0.25) is 0 Å². The normalized spacial score (nSPS) is 16.0. The molecule has 1 atom stereocenters. The predicted molar refractivity (Wildman–Crippen MR) is 91.0 cm³/mol. The second kappa shape index (κ2) is 7.17. The van der Waals surface area contributed by atoms with Crippen LogP contribution in [-0.4, -0.2) is 29.3 Å². The van der Waals surface area contributed by atoms with Gasteiger partial charge < -0.3 is 14.8 Å². The molecule has 1 saturated carbocycles. The van der Waals surface area contributed by atoms with E-state index in [1.54, 1.807) is 6.20 Å². The van der Waals surface area contributed by atoms with Crippen molar-refractivity contribution in [2.24, 2.45) is 5.92 Å². The first-order valence-electron chi connectivity index (χ1n) is 7.17. The van der Waals surface area contributed by atoms with Crippen LogP contribution in [0.1, 0.15) is 33.6 Å². The highest BCUT2D eigenvalue weighted by atomic mass is 79.9. The predicted octanol–water partition coefficient (Wildman–Crippen LogP) is 4.29. The number of aromatic nitrogens is 1. The molecule has 1 heterocycles. The lowest BCUT2D eigenvalue weighted by molar-refractivity contribution is 0.0471. The van der Waals surface area contributed by atoms with Crippen LogP contribution in [0.5, 0.6) is 5.88 Å². The maximum Gasteiger partial charge on any atom is 0.407 e. The molecule has 2 rings (SSSR count). The number of carbonyl (C=O) groups excluding carboxylic acids is 1. The van der Waals surface area contributed by atoms with Gasteiger partial charge in [0.05, 0.1) is 4.47 Å². The summed E-state index contributed by atoms with van der Waals surface area (Å²) in [6, 6.07) is 1.86. The van der Waals surface area contributed by atoms with Crippen molar-refractivity contribution in [2.45, 2.75) is 45.3 Å². The lowest BCUT2D eigenvalue weighted by atomic mass is 10.1. The van der Waals surface area contributed by atoms with E-state index in [1.165, 1.54) is 0 Å². The highest BCUT2D eigenvalue weighted by Crippen LogP contribution is 2.35. The Morgan fingerprint density at radius 3 is 2.68 bits per heavy atom. The van der Waals surface area contributed by atoms with Crippen LogP contribution in [0.3, 0.4) is 0 Å². The van der Waals surface area contributed by atoms with Crippen LogP contribution in [0, 0.1) is 5.92 Å². The summed E-state index contributed by atoms with van der Waals surface area (Å²) in [7, 11) is 0. The fraction of sp³-hybridized carbons (Fsp3) is 0.600. The fourth-order valence-corrected chi connectivity index (χ4v) is 2.98. The average molecular weight is 436 g/mol. The first kappa shape index (κ1) is 17.5. The molecule has 1 amide bonds. The van der Waals surface area contributed by atoms with Crippen molar-refractivity contribution in [1.82, 2.24) is 10.3 Å². The number of hydrogen-bond acceptors (Lipinski definition) is 4. The molecule has 0 saturated heterocycles. The summed E-state index contributed by atoms with van der Waals surface area (Å²) in [6.07, 6.45) is 3.13. The molecule has 1 aromatic heterocycles. The SMILES string of the molecule is CC(C)(C)NC(=O)O[C@H](COc1ncc(Br)cc1Br)C1CC1. The Morgan fingerprint density at radius 1 is 1.45 bits per heavy atom. The quantitative estimate of drug-likeness (QED) is 0.749. The maximum atomic E-state index is 11.9. The van der Waals surface area contributed by atoms with Crippen LogP contribution in [0.4, 0.5) is 4.79 Å². The second-order valence-electron chi connectivity index (χ2n) is 6.41. The number of nitrogens with zero attached hydrogens (tertiary/aromatic N) is 1. The number of alkyl carbamates (subject to hydrolysis) is 1. The Hall–Kier alpha value is -0.820. The van der Waals surface area contributed by atoms with E-state index in [2.05, 4.69) is 42.2 Å². The number of pyridine rings is 1. The van der Waals surface area contributed by atoms with Gasteiger partial charge in [0.15, 0.2) is 0 Å². The number of nitrogens with one attached hydrogen (secondary N) is 1. The Morgan fingerprint density at radius 2 is 2.14 bits per heavy atom. The topological polar surface area (TPSA) is 60.5 Å². The highest BCUT2D eigenvalue weighted by molar-refractivity contribution is 9.11. The summed E-state index contributed by atoms with van der Waals surface area (Å²) in [5, 5.41) is 2.80. The number of carbonyl (C=O) groups is 1. The van der Waals surface area contributed by atoms with Gasteiger partial charge in [0.2, 0.25) is 5.88 Å². The van der Waals surface area contributed by atoms with E-state index < -0.39 is 6.09 Å². The molecular weight excluding hydrogens is 416 g/mol. The molecule has 0 radical (unpaired) electrons. The van der Waals surface area contributed by atoms with Gasteiger partial charge in [-0.15, -0.1) is 0 Å². The molecular formula is C15H20Br2N2O3. The Bertz CT molecular complexity index is 542. The van der Waals surface area contributed by atoms with Gasteiger partial charge in [-0.2, -0.15) is 0 Å². The van der Waals surface area contributed by atoms with E-state index >= 15 is 0 Å². The molecule has 22 heavy (non-hydrogen) atoms. The first-order valence-corrected chi connectivity index (χ1v) is 8.76. The molecule has 1 aliphatic carbocycles. The van der Waals surface area contributed by atoms with Crippen molar-refractivity contribution in [2.75, 3.05) is 6.61 Å². The zero-order valence-corrected chi connectivity index (χ0v) is 16.0. The third-order valence-corrected chi connectivity index (χ3v) is 4.04. The molecule has 122 valence electrons. The third-order valence-electron chi connectivity index (χ3n) is 3.04. The van der Waals surface area contributed by atoms with Gasteiger partial charge in [-0.3, -0.25) is 0 Å². The minimum atomic E-state index is -0.407. The van der Waals surface area contributed by atoms with Crippen molar-refractivity contribution in [1.29, 1.82) is 0 Å². The lowest BCUT2D eigenvalue weighted by Gasteiger charge is -2.23. The van der Waals surface area contributed by atoms with Gasteiger partial charge in [-0.25, -0.2) is 9.78 Å². The van der Waals surface area contributed by atoms with E-state index in [0.29, 0.717) is 18.4 Å². The van der Waals surface area contributed by atoms with Gasteiger partial charge >= 0.3 is 6.09 Å². The van der Waals surface area contributed by atoms with Gasteiger partial charge in [0.25, 0.3) is 0 Å². The van der Waals surface area contributed by atoms with Crippen LogP contribution >= 0.6 is 31.9 Å². The van der Waals surface area contributed by atoms with Gasteiger partial charge in [-0.05, 0) is 77.5 Å². The molecule has 0 unspecified atom stereocenters. The zero-order chi connectivity index (χ0) is 16.3. The van der Waals surface area contributed by atoms with E-state index in [1.807, 2.05) is 26.8 Å². The van der Waals surface area contributed by atoms with Gasteiger partial charge in [-0.1, -0.05) is 0 Å². The van der Waals surface area contributed by atoms with Crippen LogP contribution < -0.4 is 10.1 Å². The second-order valence-corrected chi connectivity index (χ2v) is 8.18. The van der Waals surface area contributed by atoms with Crippen molar-refractivity contribution in [3.8, 4) is 5.88 Å². The zero-order valence-electron chi connectivity index (χ0n) is 12.9. The molecule has 7 heteroatoms. The average Bonchev–Trinajstić information content (AvgIpc) is 3.18. The van der Waals surface area contributed by atoms with E-state index in [4.69, 9.17) is 9.47 Å². The van der Waals surface area contributed by atoms with E-state index in [0.717, 1.165) is 21.8 Å². The molecule has 1 N–H and O–H groups in total. The third kappa shape index (κ3) is 5.76. The monoisotopic (exact) mass is 434 g/mol. The Labute approximate surface area is 147 Å². The molecule has 0 aliphatic heterocycles. The Balaban J connectivity index is 1.91. The fourth-order valence-electron chi connectivity index (χ4n) is 1.88. The highest BCUT2D eigenvalue weighted by Gasteiger charge is 2.35. The minimum Gasteiger partial charge on any atom is -0.473 e. The van der Waals surface area contributed by atoms with E-state index in [9.17, 15) is 4.79 Å². The van der Waals surface area contributed by atoms with Crippen molar-refractivity contribution >= 4 is 38.0 Å². The van der Waals surface area contributed by atoms with Crippen molar-refractivity contribution < 1.29 is 14.3 Å². The number of rotatable bonds is 5. The summed E-state index contributed by atoms with van der Waals surface area (Å²) in [5.41, 5.74) is -0.317. The molecule has 1 aromatic rings. The number of ether oxygens (including phenoxy) is 2. The van der Waals surface area contributed by atoms with Crippen LogP contribution in [0.25, 0.3) is 0 Å². The molecule has 1 fully saturated rings. The first-order chi connectivity index (χ1) is 10.2. The molecule has 1 aliphatic rings. The summed E-state index contributed by atoms with van der Waals surface area (Å²) < 4.78 is 12.8. The van der Waals surface area contributed by atoms with Crippen LogP contribution in [-0.2, 0) is 4.74 Å². The largest absolute Gasteiger partial charge is 0.473 e. The minimum absolute atomic E-state index is 0.250. The van der Waals surface area contributed by atoms with Crippen LogP contribution in [0.15, 0.2) is 21.2 Å². The lowest BCUT2D eigenvalue weighted by Crippen LogP contribution is -2.43. The molecule has 5 nitrogen and oxygen atoms in total. The summed E-state index contributed by atoms with van der Waals surface area (Å²) in [6.45, 7) is 6.05. The molecule has 0 bridgehead atoms. The van der Waals surface area contributed by atoms with Crippen molar-refractivity contribution in [3.05, 3.63) is 21.2 Å². The van der Waals surface area contributed by atoms with Crippen molar-refractivity contribution in [3.63, 3.8) is 0 Å². The summed E-state index contributed by atoms with van der Waals surface area (Å²) in [5.74, 6) is 0.869. The number of amides is 1. The standard InChI is InChI=1S/C15H20Br2N2O3/c1-15(2,3)19-14(20)22-12(9-4-5-9)8-21-13-11(17)6-10(16)7-18-13/h6-7,9,12H,4-5,8H2,1-3H3,(H,19,20)/t12-/m1/s1. The molecule has 0 aromatic carbocycles. The van der Waals surface area contributed by atoms with Gasteiger partial charge in [0.1, 0.15) is 12.7 Å². The van der Waals surface area contributed by atoms with E-state index in [-0.39, 0.29) is 11.6 Å². The molecule has 0 spiro atoms. The summed E-state index contributed by atoms with van der Waals surface area (Å²) >= 11 is 6.75. The Kier molecular flexibility index (Phi) is 5.71. The smallest absolute Gasteiger partial charge is 0.407 e. The number of halogens is 2. The van der Waals surface area contributed by atoms with Gasteiger partial charge in [0, 0.05) is 16.2 Å². The summed E-state index contributed by atoms with van der Waals surface area (Å²) in [4.78, 5) is 16.1. The maximum absolute atomic E-state index is 11.9. The number of hydrogen-bond donors (Lipinski definition) is 1.